The quantitative estimate of drug-likeness (QED) is 0.616. The molecular weight excluding hydrogens is 194 g/mol. The number of hydrogen-bond donors (Lipinski definition) is 0. The van der Waals surface area contributed by atoms with Gasteiger partial charge in [-0.3, -0.25) is 4.99 Å². The third-order valence-corrected chi connectivity index (χ3v) is 3.76. The van der Waals surface area contributed by atoms with Crippen molar-refractivity contribution in [3.05, 3.63) is 42.0 Å². The fourth-order valence-corrected chi connectivity index (χ4v) is 2.38. The lowest BCUT2D eigenvalue weighted by Crippen LogP contribution is -2.22. The van der Waals surface area contributed by atoms with Crippen LogP contribution in [0.3, 0.4) is 0 Å². The van der Waals surface area contributed by atoms with Gasteiger partial charge in [-0.25, -0.2) is 0 Å². The average molecular weight is 209 g/mol. The van der Waals surface area contributed by atoms with Crippen molar-refractivity contribution >= 4 is 22.2 Å². The molecule has 16 heavy (non-hydrogen) atoms. The zero-order valence-electron chi connectivity index (χ0n) is 9.91. The van der Waals surface area contributed by atoms with Crippen LogP contribution in [0.1, 0.15) is 26.3 Å². The van der Waals surface area contributed by atoms with Crippen LogP contribution in [0.15, 0.2) is 41.4 Å². The molecule has 80 valence electrons. The highest BCUT2D eigenvalue weighted by molar-refractivity contribution is 6.06. The third kappa shape index (κ3) is 1.09. The number of hydrogen-bond acceptors (Lipinski definition) is 1. The van der Waals surface area contributed by atoms with Gasteiger partial charge in [-0.15, -0.1) is 0 Å². The summed E-state index contributed by atoms with van der Waals surface area (Å²) in [5.74, 6) is 0. The van der Waals surface area contributed by atoms with E-state index in [1.54, 1.807) is 0 Å². The molecule has 1 nitrogen and oxygen atoms in total. The van der Waals surface area contributed by atoms with Gasteiger partial charge in [0.15, 0.2) is 0 Å². The van der Waals surface area contributed by atoms with E-state index < -0.39 is 0 Å². The zero-order chi connectivity index (χ0) is 11.3. The number of fused-ring (bicyclic) bond motifs is 3. The van der Waals surface area contributed by atoms with E-state index in [-0.39, 0.29) is 5.41 Å². The molecule has 0 atom stereocenters. The minimum atomic E-state index is 0.0827. The van der Waals surface area contributed by atoms with Crippen LogP contribution in [0.4, 0.5) is 5.69 Å². The van der Waals surface area contributed by atoms with E-state index in [4.69, 9.17) is 4.99 Å². The summed E-state index contributed by atoms with van der Waals surface area (Å²) in [4.78, 5) is 4.75. The first-order valence-electron chi connectivity index (χ1n) is 5.69. The molecule has 0 radical (unpaired) electrons. The van der Waals surface area contributed by atoms with E-state index in [0.717, 1.165) is 0 Å². The normalized spacial score (nSPS) is 17.3. The molecule has 2 aromatic carbocycles. The van der Waals surface area contributed by atoms with E-state index in [9.17, 15) is 0 Å². The van der Waals surface area contributed by atoms with Crippen molar-refractivity contribution < 1.29 is 0 Å². The van der Waals surface area contributed by atoms with Gasteiger partial charge in [0.2, 0.25) is 0 Å². The van der Waals surface area contributed by atoms with Gasteiger partial charge < -0.3 is 0 Å². The fraction of sp³-hybridized carbons (Fsp3) is 0.267. The average Bonchev–Trinajstić information content (AvgIpc) is 2.51. The van der Waals surface area contributed by atoms with Crippen LogP contribution in [0.25, 0.3) is 10.8 Å². The number of rotatable bonds is 0. The van der Waals surface area contributed by atoms with Crippen molar-refractivity contribution in [2.24, 2.45) is 4.99 Å². The fourth-order valence-electron chi connectivity index (χ4n) is 2.38. The second kappa shape index (κ2) is 2.94. The summed E-state index contributed by atoms with van der Waals surface area (Å²) in [6.45, 7) is 6.60. The largest absolute Gasteiger partial charge is 0.256 e. The molecule has 0 fully saturated rings. The first kappa shape index (κ1) is 9.59. The predicted octanol–water partition coefficient (Wildman–Crippen LogP) is 4.22. The zero-order valence-corrected chi connectivity index (χ0v) is 9.91. The summed E-state index contributed by atoms with van der Waals surface area (Å²) in [6.07, 6.45) is 0. The molecule has 1 aliphatic heterocycles. The van der Waals surface area contributed by atoms with Gasteiger partial charge in [-0.2, -0.15) is 0 Å². The summed E-state index contributed by atoms with van der Waals surface area (Å²) >= 11 is 0. The smallest absolute Gasteiger partial charge is 0.0748 e. The molecule has 0 N–H and O–H groups in total. The van der Waals surface area contributed by atoms with Crippen molar-refractivity contribution in [1.29, 1.82) is 0 Å². The van der Waals surface area contributed by atoms with Crippen LogP contribution in [-0.4, -0.2) is 5.71 Å². The standard InChI is InChI=1S/C15H15N/c1-10-15(2,3)13-9-8-11-6-4-5-7-12(11)14(13)16-10/h4-9H,1-3H3. The third-order valence-electron chi connectivity index (χ3n) is 3.76. The van der Waals surface area contributed by atoms with Crippen molar-refractivity contribution in [3.63, 3.8) is 0 Å². The molecule has 0 saturated heterocycles. The van der Waals surface area contributed by atoms with Crippen molar-refractivity contribution in [3.8, 4) is 0 Å². The molecule has 0 aromatic heterocycles. The Bertz CT molecular complexity index is 606. The highest BCUT2D eigenvalue weighted by Crippen LogP contribution is 2.43. The highest BCUT2D eigenvalue weighted by Gasteiger charge is 2.32. The van der Waals surface area contributed by atoms with Gasteiger partial charge in [-0.05, 0) is 17.9 Å². The molecule has 0 bridgehead atoms. The van der Waals surface area contributed by atoms with Gasteiger partial charge in [0.25, 0.3) is 0 Å². The number of nitrogens with zero attached hydrogens (tertiary/aromatic N) is 1. The molecule has 0 spiro atoms. The summed E-state index contributed by atoms with van der Waals surface area (Å²) in [5, 5.41) is 2.54. The van der Waals surface area contributed by atoms with E-state index in [1.165, 1.54) is 27.7 Å². The molecule has 0 unspecified atom stereocenters. The van der Waals surface area contributed by atoms with Gasteiger partial charge in [0.05, 0.1) is 5.69 Å². The lowest BCUT2D eigenvalue weighted by molar-refractivity contribution is 0.734. The maximum absolute atomic E-state index is 4.75. The Hall–Kier alpha value is -1.63. The molecule has 1 heterocycles. The second-order valence-corrected chi connectivity index (χ2v) is 5.01. The molecule has 0 amide bonds. The highest BCUT2D eigenvalue weighted by atomic mass is 14.8. The SMILES string of the molecule is CC1=Nc2c(ccc3ccccc23)C1(C)C. The van der Waals surface area contributed by atoms with E-state index in [1.807, 2.05) is 0 Å². The molecular formula is C15H15N. The van der Waals surface area contributed by atoms with Crippen LogP contribution < -0.4 is 0 Å². The number of aliphatic imine (C=N–C) groups is 1. The topological polar surface area (TPSA) is 12.4 Å². The Morgan fingerprint density at radius 1 is 1.00 bits per heavy atom. The van der Waals surface area contributed by atoms with Gasteiger partial charge in [0.1, 0.15) is 0 Å². The van der Waals surface area contributed by atoms with E-state index in [0.29, 0.717) is 0 Å². The summed E-state index contributed by atoms with van der Waals surface area (Å²) in [7, 11) is 0. The lowest BCUT2D eigenvalue weighted by Gasteiger charge is -2.20. The Labute approximate surface area is 95.8 Å². The Kier molecular flexibility index (Phi) is 1.76. The lowest BCUT2D eigenvalue weighted by atomic mass is 9.81. The maximum atomic E-state index is 4.75. The molecule has 1 heteroatoms. The van der Waals surface area contributed by atoms with Gasteiger partial charge in [0, 0.05) is 16.5 Å². The Balaban J connectivity index is 2.43. The minimum Gasteiger partial charge on any atom is -0.256 e. The molecule has 3 rings (SSSR count). The second-order valence-electron chi connectivity index (χ2n) is 5.01. The van der Waals surface area contributed by atoms with E-state index >= 15 is 0 Å². The minimum absolute atomic E-state index is 0.0827. The van der Waals surface area contributed by atoms with Crippen LogP contribution in [0.2, 0.25) is 0 Å². The number of benzene rings is 2. The summed E-state index contributed by atoms with van der Waals surface area (Å²) < 4.78 is 0. The first-order valence-corrected chi connectivity index (χ1v) is 5.69. The molecule has 1 aliphatic rings. The summed E-state index contributed by atoms with van der Waals surface area (Å²) in [5.41, 5.74) is 3.81. The Morgan fingerprint density at radius 3 is 2.56 bits per heavy atom. The molecule has 2 aromatic rings. The van der Waals surface area contributed by atoms with Crippen LogP contribution in [0, 0.1) is 0 Å². The van der Waals surface area contributed by atoms with Crippen molar-refractivity contribution in [2.75, 3.05) is 0 Å². The monoisotopic (exact) mass is 209 g/mol. The van der Waals surface area contributed by atoms with Crippen LogP contribution in [-0.2, 0) is 5.41 Å². The van der Waals surface area contributed by atoms with Crippen molar-refractivity contribution in [2.45, 2.75) is 26.2 Å². The Morgan fingerprint density at radius 2 is 1.75 bits per heavy atom. The van der Waals surface area contributed by atoms with E-state index in [2.05, 4.69) is 57.2 Å². The van der Waals surface area contributed by atoms with Crippen LogP contribution >= 0.6 is 0 Å². The van der Waals surface area contributed by atoms with Crippen molar-refractivity contribution in [1.82, 2.24) is 0 Å². The van der Waals surface area contributed by atoms with Gasteiger partial charge in [-0.1, -0.05) is 50.2 Å². The summed E-state index contributed by atoms with van der Waals surface area (Å²) in [6, 6.07) is 12.9. The first-order chi connectivity index (χ1) is 7.60. The van der Waals surface area contributed by atoms with Gasteiger partial charge >= 0.3 is 0 Å². The maximum Gasteiger partial charge on any atom is 0.0748 e. The predicted molar refractivity (Wildman–Crippen MR) is 69.7 cm³/mol. The molecule has 0 aliphatic carbocycles. The van der Waals surface area contributed by atoms with Crippen LogP contribution in [0.5, 0.6) is 0 Å². The molecule has 0 saturated carbocycles.